The smallest absolute Gasteiger partial charge is 0.0596 e. The SMILES string of the molecule is CCCCCCCCCCCCCCCCOP(=O)([O-])[O-].[B-]. The van der Waals surface area contributed by atoms with Gasteiger partial charge in [-0.15, -0.1) is 0 Å². The third-order valence-electron chi connectivity index (χ3n) is 3.75. The lowest BCUT2D eigenvalue weighted by molar-refractivity contribution is -0.341. The van der Waals surface area contributed by atoms with E-state index in [2.05, 4.69) is 11.4 Å². The second-order valence-electron chi connectivity index (χ2n) is 5.88. The van der Waals surface area contributed by atoms with Gasteiger partial charge in [-0.2, -0.15) is 0 Å². The molecule has 6 heteroatoms. The van der Waals surface area contributed by atoms with Crippen LogP contribution in [0.2, 0.25) is 0 Å². The molecule has 0 rings (SSSR count). The maximum absolute atomic E-state index is 10.2. The molecule has 132 valence electrons. The van der Waals surface area contributed by atoms with E-state index in [1.807, 2.05) is 0 Å². The van der Waals surface area contributed by atoms with Gasteiger partial charge in [-0.3, -0.25) is 0 Å². The van der Waals surface area contributed by atoms with Crippen LogP contribution < -0.4 is 9.79 Å². The van der Waals surface area contributed by atoms with Gasteiger partial charge in [-0.25, -0.2) is 0 Å². The Morgan fingerprint density at radius 1 is 0.682 bits per heavy atom. The highest BCUT2D eigenvalue weighted by atomic mass is 31.2. The van der Waals surface area contributed by atoms with Crippen LogP contribution >= 0.6 is 7.82 Å². The Morgan fingerprint density at radius 3 is 1.32 bits per heavy atom. The van der Waals surface area contributed by atoms with E-state index >= 15 is 0 Å². The summed E-state index contributed by atoms with van der Waals surface area (Å²) in [5, 5.41) is 0. The van der Waals surface area contributed by atoms with E-state index in [1.165, 1.54) is 70.6 Å². The number of rotatable bonds is 16. The molecule has 0 aromatic heterocycles. The minimum atomic E-state index is -4.75. The van der Waals surface area contributed by atoms with Crippen molar-refractivity contribution in [3.63, 3.8) is 0 Å². The number of unbranched alkanes of at least 4 members (excludes halogenated alkanes) is 13. The molecule has 4 radical (unpaired) electrons. The van der Waals surface area contributed by atoms with Crippen molar-refractivity contribution in [2.45, 2.75) is 96.8 Å². The van der Waals surface area contributed by atoms with E-state index in [0.717, 1.165) is 12.8 Å². The molecule has 0 N–H and O–H groups in total. The summed E-state index contributed by atoms with van der Waals surface area (Å²) in [6.07, 6.45) is 17.4. The average molecular weight is 331 g/mol. The van der Waals surface area contributed by atoms with Crippen molar-refractivity contribution in [1.29, 1.82) is 0 Å². The molecule has 0 saturated heterocycles. The summed E-state index contributed by atoms with van der Waals surface area (Å²) in [5.74, 6) is 0. The van der Waals surface area contributed by atoms with Crippen molar-refractivity contribution in [2.75, 3.05) is 6.61 Å². The molecular weight excluding hydrogens is 298 g/mol. The Kier molecular flexibility index (Phi) is 19.5. The molecule has 22 heavy (non-hydrogen) atoms. The zero-order valence-electron chi connectivity index (χ0n) is 14.3. The average Bonchev–Trinajstić information content (AvgIpc) is 2.42. The zero-order chi connectivity index (χ0) is 15.8. The van der Waals surface area contributed by atoms with E-state index in [9.17, 15) is 14.4 Å². The summed E-state index contributed by atoms with van der Waals surface area (Å²) in [7, 11) is -4.75. The Labute approximate surface area is 139 Å². The highest BCUT2D eigenvalue weighted by molar-refractivity contribution is 7.43. The Bertz CT molecular complexity index is 259. The van der Waals surface area contributed by atoms with Crippen LogP contribution in [0, 0.1) is 0 Å². The first-order valence-corrected chi connectivity index (χ1v) is 10.2. The first kappa shape index (κ1) is 24.4. The maximum Gasteiger partial charge on any atom is 0.0596 e. The van der Waals surface area contributed by atoms with Gasteiger partial charge in [-0.05, 0) is 6.42 Å². The Hall–Kier alpha value is 0.175. The van der Waals surface area contributed by atoms with Crippen LogP contribution in [-0.2, 0) is 9.09 Å². The molecule has 0 aromatic rings. The van der Waals surface area contributed by atoms with Crippen LogP contribution in [0.25, 0.3) is 0 Å². The number of hydrogen-bond acceptors (Lipinski definition) is 4. The molecule has 0 spiro atoms. The molecule has 0 unspecified atom stereocenters. The lowest BCUT2D eigenvalue weighted by Crippen LogP contribution is -2.16. The van der Waals surface area contributed by atoms with E-state index in [1.54, 1.807) is 0 Å². The fourth-order valence-corrected chi connectivity index (χ4v) is 2.83. The predicted molar refractivity (Wildman–Crippen MR) is 89.6 cm³/mol. The normalized spacial score (nSPS) is 11.4. The molecule has 0 aliphatic rings. The Morgan fingerprint density at radius 2 is 1.00 bits per heavy atom. The van der Waals surface area contributed by atoms with Crippen molar-refractivity contribution in [3.05, 3.63) is 0 Å². The standard InChI is InChI=1S/C16H35O4P.B/c1-2-3-4-5-6-7-8-9-10-11-12-13-14-15-16-20-21(17,18)19;/h2-16H2,1H3,(H2,17,18,19);/q;-1/p-2. The lowest BCUT2D eigenvalue weighted by atomic mass is 10.0. The molecular formula is C16H33BO4P-3. The van der Waals surface area contributed by atoms with E-state index in [4.69, 9.17) is 0 Å². The van der Waals surface area contributed by atoms with Crippen molar-refractivity contribution in [3.8, 4) is 0 Å². The first-order valence-electron chi connectivity index (χ1n) is 8.73. The highest BCUT2D eigenvalue weighted by Crippen LogP contribution is 2.24. The van der Waals surface area contributed by atoms with Crippen molar-refractivity contribution < 1.29 is 18.9 Å². The van der Waals surface area contributed by atoms with Crippen LogP contribution in [0.15, 0.2) is 0 Å². The molecule has 0 saturated carbocycles. The topological polar surface area (TPSA) is 72.4 Å². The number of hydrogen-bond donors (Lipinski definition) is 0. The van der Waals surface area contributed by atoms with E-state index in [-0.39, 0.29) is 15.0 Å². The van der Waals surface area contributed by atoms with Crippen LogP contribution in [0.4, 0.5) is 0 Å². The molecule has 4 nitrogen and oxygen atoms in total. The molecule has 0 atom stereocenters. The summed E-state index contributed by atoms with van der Waals surface area (Å²) in [6.45, 7) is 2.29. The van der Waals surface area contributed by atoms with Crippen molar-refractivity contribution in [1.82, 2.24) is 0 Å². The van der Waals surface area contributed by atoms with Gasteiger partial charge in [0.25, 0.3) is 0 Å². The maximum atomic E-state index is 10.2. The fraction of sp³-hybridized carbons (Fsp3) is 1.00. The van der Waals surface area contributed by atoms with Crippen LogP contribution in [0.1, 0.15) is 96.8 Å². The molecule has 0 aliphatic heterocycles. The highest BCUT2D eigenvalue weighted by Gasteiger charge is 1.95. The summed E-state index contributed by atoms with van der Waals surface area (Å²) in [6, 6.07) is 0. The monoisotopic (exact) mass is 331 g/mol. The molecule has 0 aliphatic carbocycles. The molecule has 0 aromatic carbocycles. The molecule has 0 heterocycles. The number of phosphoric acid groups is 1. The predicted octanol–water partition coefficient (Wildman–Crippen LogP) is 3.93. The minimum Gasteiger partial charge on any atom is -1.00 e. The second kappa shape index (κ2) is 17.5. The summed E-state index contributed by atoms with van der Waals surface area (Å²) < 4.78 is 14.4. The van der Waals surface area contributed by atoms with Gasteiger partial charge in [-0.1, -0.05) is 90.4 Å². The third-order valence-corrected chi connectivity index (χ3v) is 4.25. The van der Waals surface area contributed by atoms with E-state index in [0.29, 0.717) is 6.42 Å². The quantitative estimate of drug-likeness (QED) is 0.244. The molecule has 0 fully saturated rings. The third kappa shape index (κ3) is 22.5. The van der Waals surface area contributed by atoms with Crippen LogP contribution in [0.5, 0.6) is 0 Å². The number of phosphoric ester groups is 1. The molecule has 0 amide bonds. The summed E-state index contributed by atoms with van der Waals surface area (Å²) in [5.41, 5.74) is 0. The van der Waals surface area contributed by atoms with Gasteiger partial charge in [0.1, 0.15) is 0 Å². The summed E-state index contributed by atoms with van der Waals surface area (Å²) in [4.78, 5) is 20.4. The lowest BCUT2D eigenvalue weighted by Gasteiger charge is -2.28. The zero-order valence-corrected chi connectivity index (χ0v) is 15.2. The van der Waals surface area contributed by atoms with Crippen molar-refractivity contribution in [2.24, 2.45) is 0 Å². The van der Waals surface area contributed by atoms with Gasteiger partial charge in [0.15, 0.2) is 0 Å². The van der Waals surface area contributed by atoms with Crippen LogP contribution in [0.3, 0.4) is 0 Å². The summed E-state index contributed by atoms with van der Waals surface area (Å²) >= 11 is 0. The second-order valence-corrected chi connectivity index (χ2v) is 7.03. The van der Waals surface area contributed by atoms with Gasteiger partial charge >= 0.3 is 0 Å². The van der Waals surface area contributed by atoms with Crippen LogP contribution in [-0.4, -0.2) is 15.0 Å². The molecule has 0 bridgehead atoms. The van der Waals surface area contributed by atoms with Gasteiger partial charge < -0.3 is 27.3 Å². The van der Waals surface area contributed by atoms with Crippen molar-refractivity contribution >= 4 is 16.2 Å². The first-order chi connectivity index (χ1) is 10.1. The largest absolute Gasteiger partial charge is 1.00 e. The van der Waals surface area contributed by atoms with Gasteiger partial charge in [0.2, 0.25) is 0 Å². The minimum absolute atomic E-state index is 0. The van der Waals surface area contributed by atoms with E-state index < -0.39 is 7.82 Å². The fourth-order valence-electron chi connectivity index (χ4n) is 2.47. The Balaban J connectivity index is 0. The van der Waals surface area contributed by atoms with Gasteiger partial charge in [0.05, 0.1) is 14.4 Å². The van der Waals surface area contributed by atoms with Gasteiger partial charge in [0, 0.05) is 0 Å².